The summed E-state index contributed by atoms with van der Waals surface area (Å²) < 4.78 is 52.3. The first-order valence-corrected chi connectivity index (χ1v) is 11.1. The number of nitrogens with zero attached hydrogens (tertiary/aromatic N) is 2. The van der Waals surface area contributed by atoms with Gasteiger partial charge in [-0.25, -0.2) is 0 Å². The number of ether oxygens (including phenoxy) is 2. The molecule has 1 aliphatic heterocycles. The zero-order valence-corrected chi connectivity index (χ0v) is 18.9. The molecule has 3 rings (SSSR count). The number of aliphatic hydroxyl groups excluding tert-OH is 1. The van der Waals surface area contributed by atoms with E-state index in [2.05, 4.69) is 11.8 Å². The second-order valence-electron chi connectivity index (χ2n) is 8.08. The highest BCUT2D eigenvalue weighted by molar-refractivity contribution is 6.07. The van der Waals surface area contributed by atoms with Gasteiger partial charge in [-0.05, 0) is 47.9 Å². The summed E-state index contributed by atoms with van der Waals surface area (Å²) in [6.45, 7) is 3.76. The number of halogens is 3. The number of aliphatic hydroxyl groups is 1. The van der Waals surface area contributed by atoms with Crippen LogP contribution in [0.5, 0.6) is 0 Å². The van der Waals surface area contributed by atoms with Gasteiger partial charge >= 0.3 is 6.18 Å². The van der Waals surface area contributed by atoms with Gasteiger partial charge in [0, 0.05) is 31.3 Å². The molecule has 1 heterocycles. The van der Waals surface area contributed by atoms with E-state index < -0.39 is 23.1 Å². The summed E-state index contributed by atoms with van der Waals surface area (Å²) in [7, 11) is 0. The lowest BCUT2D eigenvalue weighted by molar-refractivity contribution is -0.116. The van der Waals surface area contributed by atoms with Crippen molar-refractivity contribution in [2.24, 2.45) is 0 Å². The minimum Gasteiger partial charge on any atom is -0.394 e. The molecule has 0 aliphatic carbocycles. The predicted octanol–water partition coefficient (Wildman–Crippen LogP) is 4.26. The fraction of sp³-hybridized carbons (Fsp3) is 0.440. The molecule has 1 N–H and O–H groups in total. The van der Waals surface area contributed by atoms with E-state index in [0.717, 1.165) is 17.6 Å². The molecular formula is C25H27F3N2O4. The van der Waals surface area contributed by atoms with Crippen LogP contribution in [-0.2, 0) is 14.3 Å². The van der Waals surface area contributed by atoms with Crippen molar-refractivity contribution in [3.8, 4) is 6.07 Å². The molecule has 2 aromatic rings. The minimum atomic E-state index is -4.87. The van der Waals surface area contributed by atoms with Crippen LogP contribution in [0.4, 0.5) is 18.9 Å². The molecule has 0 aromatic heterocycles. The van der Waals surface area contributed by atoms with Crippen molar-refractivity contribution in [3.63, 3.8) is 0 Å². The number of benzene rings is 2. The number of anilines is 1. The standard InChI is InChI=1S/C25H27F3N2O4/c1-17-16-30(17)21-7-6-18-13-20(5-4-19(18)14-21)24(25(26,27)28)22(15-29)23(32)3-2-9-33-11-12-34-10-8-31/h4-7,13-14,17,31H,2-3,8-12,16H2,1H3/b24-22-. The van der Waals surface area contributed by atoms with E-state index in [1.165, 1.54) is 18.2 Å². The molecule has 1 unspecified atom stereocenters. The lowest BCUT2D eigenvalue weighted by atomic mass is 9.93. The first-order chi connectivity index (χ1) is 16.3. The Bertz CT molecular complexity index is 1090. The number of rotatable bonds is 12. The van der Waals surface area contributed by atoms with Crippen molar-refractivity contribution in [2.45, 2.75) is 32.0 Å². The average molecular weight is 476 g/mol. The van der Waals surface area contributed by atoms with E-state index >= 15 is 0 Å². The fourth-order valence-electron chi connectivity index (χ4n) is 3.72. The van der Waals surface area contributed by atoms with Crippen molar-refractivity contribution in [1.82, 2.24) is 0 Å². The topological polar surface area (TPSA) is 82.6 Å². The second-order valence-corrected chi connectivity index (χ2v) is 8.08. The maximum Gasteiger partial charge on any atom is 0.418 e. The van der Waals surface area contributed by atoms with Crippen molar-refractivity contribution in [2.75, 3.05) is 44.5 Å². The van der Waals surface area contributed by atoms with E-state index in [4.69, 9.17) is 14.6 Å². The third-order valence-corrected chi connectivity index (χ3v) is 5.53. The Hall–Kier alpha value is -2.93. The van der Waals surface area contributed by atoms with E-state index in [0.29, 0.717) is 11.4 Å². The highest BCUT2D eigenvalue weighted by Crippen LogP contribution is 2.39. The largest absolute Gasteiger partial charge is 0.418 e. The van der Waals surface area contributed by atoms with Gasteiger partial charge in [-0.1, -0.05) is 18.2 Å². The third kappa shape index (κ3) is 6.56. The molecule has 0 saturated carbocycles. The maximum absolute atomic E-state index is 14.0. The molecule has 1 saturated heterocycles. The van der Waals surface area contributed by atoms with Crippen LogP contribution >= 0.6 is 0 Å². The molecule has 1 fully saturated rings. The summed E-state index contributed by atoms with van der Waals surface area (Å²) in [5.74, 6) is -0.874. The number of carbonyl (C=O) groups excluding carboxylic acids is 1. The number of allylic oxidation sites excluding steroid dienone is 2. The lowest BCUT2D eigenvalue weighted by Gasteiger charge is -2.15. The SMILES string of the molecule is CC1CN1c1ccc2cc(/C(=C(\C#N)C(=O)CCCOCCOCCO)C(F)(F)F)ccc2c1. The van der Waals surface area contributed by atoms with Gasteiger partial charge in [0.1, 0.15) is 11.6 Å². The molecule has 182 valence electrons. The average Bonchev–Trinajstić information content (AvgIpc) is 3.54. The number of nitriles is 1. The van der Waals surface area contributed by atoms with Gasteiger partial charge < -0.3 is 19.5 Å². The van der Waals surface area contributed by atoms with Crippen molar-refractivity contribution >= 4 is 27.8 Å². The second kappa shape index (κ2) is 11.5. The zero-order chi connectivity index (χ0) is 24.7. The van der Waals surface area contributed by atoms with Gasteiger partial charge in [-0.15, -0.1) is 0 Å². The number of Topliss-reactive ketones (excluding diaryl/α,β-unsaturated/α-hetero) is 1. The zero-order valence-electron chi connectivity index (χ0n) is 18.9. The maximum atomic E-state index is 14.0. The number of carbonyl (C=O) groups is 1. The molecular weight excluding hydrogens is 449 g/mol. The Morgan fingerprint density at radius 3 is 2.38 bits per heavy atom. The Morgan fingerprint density at radius 2 is 1.76 bits per heavy atom. The van der Waals surface area contributed by atoms with Crippen LogP contribution in [0.2, 0.25) is 0 Å². The van der Waals surface area contributed by atoms with E-state index in [1.807, 2.05) is 12.1 Å². The number of ketones is 1. The molecule has 6 nitrogen and oxygen atoms in total. The lowest BCUT2D eigenvalue weighted by Crippen LogP contribution is -2.17. The van der Waals surface area contributed by atoms with Gasteiger partial charge in [0.2, 0.25) is 0 Å². The number of alkyl halides is 3. The molecule has 0 spiro atoms. The van der Waals surface area contributed by atoms with E-state index in [-0.39, 0.29) is 51.4 Å². The first-order valence-electron chi connectivity index (χ1n) is 11.1. The molecule has 0 radical (unpaired) electrons. The van der Waals surface area contributed by atoms with Crippen molar-refractivity contribution in [3.05, 3.63) is 47.5 Å². The number of hydrogen-bond donors (Lipinski definition) is 1. The van der Waals surface area contributed by atoms with Gasteiger partial charge in [0.25, 0.3) is 0 Å². The molecule has 9 heteroatoms. The van der Waals surface area contributed by atoms with Crippen LogP contribution in [0, 0.1) is 11.3 Å². The smallest absolute Gasteiger partial charge is 0.394 e. The van der Waals surface area contributed by atoms with Crippen LogP contribution in [-0.4, -0.2) is 62.7 Å². The van der Waals surface area contributed by atoms with Gasteiger partial charge in [0.15, 0.2) is 5.78 Å². The Kier molecular flexibility index (Phi) is 8.67. The number of hydrogen-bond acceptors (Lipinski definition) is 6. The van der Waals surface area contributed by atoms with Gasteiger partial charge in [0.05, 0.1) is 32.0 Å². The molecule has 1 atom stereocenters. The molecule has 0 amide bonds. The quantitative estimate of drug-likeness (QED) is 0.213. The number of fused-ring (bicyclic) bond motifs is 1. The van der Waals surface area contributed by atoms with Crippen LogP contribution in [0.1, 0.15) is 25.3 Å². The third-order valence-electron chi connectivity index (χ3n) is 5.53. The van der Waals surface area contributed by atoms with E-state index in [9.17, 15) is 23.2 Å². The van der Waals surface area contributed by atoms with Gasteiger partial charge in [-0.2, -0.15) is 18.4 Å². The molecule has 34 heavy (non-hydrogen) atoms. The van der Waals surface area contributed by atoms with Crippen molar-refractivity contribution in [1.29, 1.82) is 5.26 Å². The Labute approximate surface area is 196 Å². The monoisotopic (exact) mass is 476 g/mol. The summed E-state index contributed by atoms with van der Waals surface area (Å²) >= 11 is 0. The van der Waals surface area contributed by atoms with Gasteiger partial charge in [-0.3, -0.25) is 4.79 Å². The summed E-state index contributed by atoms with van der Waals surface area (Å²) in [6, 6.07) is 11.7. The highest BCUT2D eigenvalue weighted by Gasteiger charge is 2.39. The molecule has 0 bridgehead atoms. The summed E-state index contributed by atoms with van der Waals surface area (Å²) in [5.41, 5.74) is -1.32. The summed E-state index contributed by atoms with van der Waals surface area (Å²) in [5, 5.41) is 19.4. The normalized spacial score (nSPS) is 16.4. The fourth-order valence-corrected chi connectivity index (χ4v) is 3.72. The summed E-state index contributed by atoms with van der Waals surface area (Å²) in [4.78, 5) is 14.7. The molecule has 1 aliphatic rings. The first kappa shape index (κ1) is 25.7. The molecule has 2 aromatic carbocycles. The summed E-state index contributed by atoms with van der Waals surface area (Å²) in [6.07, 6.45) is -4.94. The minimum absolute atomic E-state index is 0.102. The Balaban J connectivity index is 1.76. The van der Waals surface area contributed by atoms with E-state index in [1.54, 1.807) is 12.1 Å². The predicted molar refractivity (Wildman–Crippen MR) is 122 cm³/mol. The highest BCUT2D eigenvalue weighted by atomic mass is 19.4. The van der Waals surface area contributed by atoms with Crippen LogP contribution in [0.15, 0.2) is 42.0 Å². The van der Waals surface area contributed by atoms with Crippen LogP contribution in [0.25, 0.3) is 16.3 Å². The Morgan fingerprint density at radius 1 is 1.12 bits per heavy atom. The van der Waals surface area contributed by atoms with Crippen LogP contribution < -0.4 is 4.90 Å². The van der Waals surface area contributed by atoms with Crippen molar-refractivity contribution < 1.29 is 32.5 Å². The van der Waals surface area contributed by atoms with Crippen LogP contribution in [0.3, 0.4) is 0 Å².